The SMILES string of the molecule is COc1ccc(C(CC(=O)O)NC(=O)c2coc(C)c2)c(OC)c1. The van der Waals surface area contributed by atoms with Crippen molar-refractivity contribution in [2.75, 3.05) is 14.2 Å². The highest BCUT2D eigenvalue weighted by Crippen LogP contribution is 2.31. The highest BCUT2D eigenvalue weighted by molar-refractivity contribution is 5.94. The maximum atomic E-state index is 12.3. The zero-order valence-corrected chi connectivity index (χ0v) is 13.7. The molecule has 0 fully saturated rings. The van der Waals surface area contributed by atoms with E-state index in [4.69, 9.17) is 19.0 Å². The summed E-state index contributed by atoms with van der Waals surface area (Å²) in [5.74, 6) is 0.139. The lowest BCUT2D eigenvalue weighted by atomic mass is 10.0. The Kier molecular flexibility index (Phi) is 5.47. The second kappa shape index (κ2) is 7.54. The molecule has 7 nitrogen and oxygen atoms in total. The normalized spacial score (nSPS) is 11.6. The number of carboxylic acids is 1. The van der Waals surface area contributed by atoms with Crippen molar-refractivity contribution in [1.29, 1.82) is 0 Å². The minimum atomic E-state index is -1.04. The van der Waals surface area contributed by atoms with Crippen molar-refractivity contribution >= 4 is 11.9 Å². The van der Waals surface area contributed by atoms with Gasteiger partial charge in [0.1, 0.15) is 23.5 Å². The van der Waals surface area contributed by atoms with Crippen LogP contribution < -0.4 is 14.8 Å². The molecule has 0 saturated carbocycles. The topological polar surface area (TPSA) is 98.0 Å². The average molecular weight is 333 g/mol. The van der Waals surface area contributed by atoms with E-state index in [-0.39, 0.29) is 6.42 Å². The maximum Gasteiger partial charge on any atom is 0.305 e. The maximum absolute atomic E-state index is 12.3. The number of carbonyl (C=O) groups is 2. The van der Waals surface area contributed by atoms with Gasteiger partial charge in [0.2, 0.25) is 0 Å². The van der Waals surface area contributed by atoms with Crippen LogP contribution in [0.1, 0.15) is 34.1 Å². The number of carboxylic acid groups (broad SMARTS) is 1. The second-order valence-corrected chi connectivity index (χ2v) is 5.18. The van der Waals surface area contributed by atoms with Crippen molar-refractivity contribution in [2.24, 2.45) is 0 Å². The summed E-state index contributed by atoms with van der Waals surface area (Å²) in [5.41, 5.74) is 0.879. The zero-order valence-electron chi connectivity index (χ0n) is 13.7. The van der Waals surface area contributed by atoms with Crippen LogP contribution in [0.25, 0.3) is 0 Å². The lowest BCUT2D eigenvalue weighted by Gasteiger charge is -2.20. The van der Waals surface area contributed by atoms with Crippen LogP contribution in [0.4, 0.5) is 0 Å². The van der Waals surface area contributed by atoms with Crippen molar-refractivity contribution in [3.05, 3.63) is 47.4 Å². The van der Waals surface area contributed by atoms with Crippen molar-refractivity contribution < 1.29 is 28.6 Å². The van der Waals surface area contributed by atoms with Crippen LogP contribution in [-0.4, -0.2) is 31.2 Å². The van der Waals surface area contributed by atoms with Crippen molar-refractivity contribution in [3.8, 4) is 11.5 Å². The van der Waals surface area contributed by atoms with E-state index in [1.165, 1.54) is 20.5 Å². The first-order chi connectivity index (χ1) is 11.4. The number of methoxy groups -OCH3 is 2. The van der Waals surface area contributed by atoms with E-state index in [1.807, 2.05) is 0 Å². The predicted octanol–water partition coefficient (Wildman–Crippen LogP) is 2.55. The molecule has 0 aliphatic heterocycles. The van der Waals surface area contributed by atoms with E-state index < -0.39 is 17.9 Å². The number of ether oxygens (including phenoxy) is 2. The number of amides is 1. The molecule has 1 heterocycles. The summed E-state index contributed by atoms with van der Waals surface area (Å²) in [4.78, 5) is 23.5. The molecule has 128 valence electrons. The Balaban J connectivity index is 2.31. The largest absolute Gasteiger partial charge is 0.497 e. The minimum Gasteiger partial charge on any atom is -0.497 e. The monoisotopic (exact) mass is 333 g/mol. The predicted molar refractivity (Wildman–Crippen MR) is 85.5 cm³/mol. The third-order valence-electron chi connectivity index (χ3n) is 3.49. The molecule has 24 heavy (non-hydrogen) atoms. The number of nitrogens with one attached hydrogen (secondary N) is 1. The van der Waals surface area contributed by atoms with Crippen LogP contribution >= 0.6 is 0 Å². The lowest BCUT2D eigenvalue weighted by molar-refractivity contribution is -0.137. The lowest BCUT2D eigenvalue weighted by Crippen LogP contribution is -2.30. The summed E-state index contributed by atoms with van der Waals surface area (Å²) < 4.78 is 15.5. The molecule has 0 saturated heterocycles. The number of furan rings is 1. The molecule has 1 aromatic heterocycles. The molecule has 0 radical (unpaired) electrons. The smallest absolute Gasteiger partial charge is 0.305 e. The average Bonchev–Trinajstić information content (AvgIpc) is 2.99. The molecule has 7 heteroatoms. The van der Waals surface area contributed by atoms with Gasteiger partial charge in [-0.2, -0.15) is 0 Å². The summed E-state index contributed by atoms with van der Waals surface area (Å²) in [6.45, 7) is 1.72. The van der Waals surface area contributed by atoms with Crippen molar-refractivity contribution in [3.63, 3.8) is 0 Å². The Morgan fingerprint density at radius 1 is 1.25 bits per heavy atom. The number of rotatable bonds is 7. The molecule has 1 atom stereocenters. The van der Waals surface area contributed by atoms with Gasteiger partial charge in [0, 0.05) is 11.6 Å². The van der Waals surface area contributed by atoms with Gasteiger partial charge >= 0.3 is 5.97 Å². The molecule has 0 bridgehead atoms. The Hall–Kier alpha value is -2.96. The molecule has 0 aliphatic carbocycles. The van der Waals surface area contributed by atoms with Gasteiger partial charge in [0.05, 0.1) is 32.2 Å². The Labute approximate surface area is 139 Å². The van der Waals surface area contributed by atoms with Gasteiger partial charge < -0.3 is 24.3 Å². The number of carbonyl (C=O) groups excluding carboxylic acids is 1. The quantitative estimate of drug-likeness (QED) is 0.808. The summed E-state index contributed by atoms with van der Waals surface area (Å²) in [6, 6.07) is 5.81. The molecule has 2 rings (SSSR count). The van der Waals surface area contributed by atoms with Crippen LogP contribution in [0, 0.1) is 6.92 Å². The van der Waals surface area contributed by atoms with Gasteiger partial charge in [-0.05, 0) is 25.1 Å². The van der Waals surface area contributed by atoms with Crippen molar-refractivity contribution in [1.82, 2.24) is 5.32 Å². The molecule has 1 amide bonds. The molecular weight excluding hydrogens is 314 g/mol. The van der Waals surface area contributed by atoms with E-state index in [1.54, 1.807) is 31.2 Å². The summed E-state index contributed by atoms with van der Waals surface area (Å²) in [6.07, 6.45) is 1.04. The fourth-order valence-corrected chi connectivity index (χ4v) is 2.32. The first-order valence-electron chi connectivity index (χ1n) is 7.24. The number of benzene rings is 1. The molecule has 1 aromatic carbocycles. The van der Waals surface area contributed by atoms with E-state index in [2.05, 4.69) is 5.32 Å². The van der Waals surface area contributed by atoms with E-state index in [0.29, 0.717) is 28.4 Å². The zero-order chi connectivity index (χ0) is 17.7. The number of hydrogen-bond acceptors (Lipinski definition) is 5. The van der Waals surface area contributed by atoms with E-state index in [9.17, 15) is 9.59 Å². The van der Waals surface area contributed by atoms with Crippen LogP contribution in [-0.2, 0) is 4.79 Å². The highest BCUT2D eigenvalue weighted by Gasteiger charge is 2.23. The fourth-order valence-electron chi connectivity index (χ4n) is 2.32. The van der Waals surface area contributed by atoms with Gasteiger partial charge in [-0.1, -0.05) is 0 Å². The Bertz CT molecular complexity index is 736. The van der Waals surface area contributed by atoms with Gasteiger partial charge in [0.25, 0.3) is 5.91 Å². The minimum absolute atomic E-state index is 0.286. The van der Waals surface area contributed by atoms with Crippen molar-refractivity contribution in [2.45, 2.75) is 19.4 Å². The Morgan fingerprint density at radius 2 is 2.00 bits per heavy atom. The summed E-state index contributed by atoms with van der Waals surface area (Å²) in [5, 5.41) is 11.9. The number of aryl methyl sites for hydroxylation is 1. The molecule has 2 aromatic rings. The van der Waals surface area contributed by atoms with E-state index in [0.717, 1.165) is 0 Å². The van der Waals surface area contributed by atoms with Gasteiger partial charge in [-0.3, -0.25) is 9.59 Å². The summed E-state index contributed by atoms with van der Waals surface area (Å²) in [7, 11) is 2.99. The third-order valence-corrected chi connectivity index (χ3v) is 3.49. The highest BCUT2D eigenvalue weighted by atomic mass is 16.5. The van der Waals surface area contributed by atoms with Crippen LogP contribution in [0.15, 0.2) is 34.9 Å². The number of aliphatic carboxylic acids is 1. The third kappa shape index (κ3) is 4.07. The first-order valence-corrected chi connectivity index (χ1v) is 7.24. The fraction of sp³-hybridized carbons (Fsp3) is 0.294. The molecule has 0 spiro atoms. The van der Waals surface area contributed by atoms with Crippen LogP contribution in [0.3, 0.4) is 0 Å². The number of hydrogen-bond donors (Lipinski definition) is 2. The van der Waals surface area contributed by atoms with Gasteiger partial charge in [0.15, 0.2) is 0 Å². The molecular formula is C17H19NO6. The summed E-state index contributed by atoms with van der Waals surface area (Å²) >= 11 is 0. The first kappa shape index (κ1) is 17.4. The molecule has 2 N–H and O–H groups in total. The molecule has 0 aliphatic rings. The second-order valence-electron chi connectivity index (χ2n) is 5.18. The van der Waals surface area contributed by atoms with E-state index >= 15 is 0 Å². The van der Waals surface area contributed by atoms with Gasteiger partial charge in [-0.25, -0.2) is 0 Å². The van der Waals surface area contributed by atoms with Crippen LogP contribution in [0.5, 0.6) is 11.5 Å². The Morgan fingerprint density at radius 3 is 2.54 bits per heavy atom. The van der Waals surface area contributed by atoms with Gasteiger partial charge in [-0.15, -0.1) is 0 Å². The van der Waals surface area contributed by atoms with Crippen LogP contribution in [0.2, 0.25) is 0 Å². The molecule has 1 unspecified atom stereocenters. The standard InChI is InChI=1S/C17H19NO6/c1-10-6-11(9-24-10)17(21)18-14(8-16(19)20)13-5-4-12(22-2)7-15(13)23-3/h4-7,9,14H,8H2,1-3H3,(H,18,21)(H,19,20).